The van der Waals surface area contributed by atoms with Crippen LogP contribution in [-0.4, -0.2) is 11.8 Å². The molecule has 0 saturated carbocycles. The zero-order valence-electron chi connectivity index (χ0n) is 17.3. The number of hydrogen-bond acceptors (Lipinski definition) is 2. The van der Waals surface area contributed by atoms with Gasteiger partial charge in [-0.15, -0.1) is 9.13 Å². The Morgan fingerprint density at radius 1 is 0.500 bits per heavy atom. The molecule has 0 fully saturated rings. The van der Waals surface area contributed by atoms with Crippen molar-refractivity contribution in [3.05, 3.63) is 121 Å². The highest BCUT2D eigenvalue weighted by Crippen LogP contribution is 2.15. The monoisotopic (exact) mass is 552 g/mol. The summed E-state index contributed by atoms with van der Waals surface area (Å²) >= 11 is 0. The van der Waals surface area contributed by atoms with Crippen molar-refractivity contribution in [2.45, 2.75) is 12.8 Å². The van der Waals surface area contributed by atoms with Crippen molar-refractivity contribution in [2.75, 3.05) is 0 Å². The number of nitrogens with zero attached hydrogens (tertiary/aromatic N) is 2. The van der Waals surface area contributed by atoms with Crippen LogP contribution in [-0.2, 0) is 12.8 Å². The van der Waals surface area contributed by atoms with Crippen LogP contribution >= 0.6 is 0 Å². The Balaban J connectivity index is 0.00000181. The van der Waals surface area contributed by atoms with E-state index in [0.29, 0.717) is 12.8 Å². The Morgan fingerprint density at radius 3 is 1.12 bits per heavy atom. The van der Waals surface area contributed by atoms with E-state index in [1.165, 1.54) is 0 Å². The second-order valence-corrected chi connectivity index (χ2v) is 7.10. The van der Waals surface area contributed by atoms with Gasteiger partial charge in [0, 0.05) is 24.3 Å². The van der Waals surface area contributed by atoms with Gasteiger partial charge in [-0.3, -0.25) is 0 Å². The molecule has 4 aromatic rings. The lowest BCUT2D eigenvalue weighted by Gasteiger charge is -2.01. The van der Waals surface area contributed by atoms with Crippen molar-refractivity contribution in [1.29, 1.82) is 0 Å². The summed E-state index contributed by atoms with van der Waals surface area (Å²) in [6, 6.07) is 27.1. The van der Waals surface area contributed by atoms with Gasteiger partial charge in [0.15, 0.2) is 24.8 Å². The standard InChI is InChI=1S/C26H22N2O2.2BrH/c29-25(19-21-7-3-1-4-8-21)27-15-11-23(12-16-27)24-13-17-28(18-14-24)26(30)20-22-9-5-2-6-10-22;;/h1-18H,19-20H2;2*1H/q+2;;/p-2. The number of carbonyl (C=O) groups excluding carboxylic acids is 2. The van der Waals surface area contributed by atoms with Gasteiger partial charge in [-0.25, -0.2) is 9.59 Å². The molecule has 2 aromatic heterocycles. The van der Waals surface area contributed by atoms with E-state index >= 15 is 0 Å². The quantitative estimate of drug-likeness (QED) is 0.261. The average Bonchev–Trinajstić information content (AvgIpc) is 2.80. The first-order valence-electron chi connectivity index (χ1n) is 9.86. The SMILES string of the molecule is O=C(Cc1ccccc1)[n+]1ccc(-c2cc[n+](C(=O)Cc3ccccc3)cc2)cc1.[Br-].[Br-]. The molecule has 0 N–H and O–H groups in total. The van der Waals surface area contributed by atoms with E-state index < -0.39 is 0 Å². The fraction of sp³-hybridized carbons (Fsp3) is 0.0769. The van der Waals surface area contributed by atoms with Crippen molar-refractivity contribution in [1.82, 2.24) is 0 Å². The van der Waals surface area contributed by atoms with E-state index in [4.69, 9.17) is 0 Å². The van der Waals surface area contributed by atoms with E-state index in [1.807, 2.05) is 84.9 Å². The van der Waals surface area contributed by atoms with Gasteiger partial charge in [-0.05, 0) is 22.3 Å². The summed E-state index contributed by atoms with van der Waals surface area (Å²) in [5.74, 6) is 0.0373. The summed E-state index contributed by atoms with van der Waals surface area (Å²) in [7, 11) is 0. The summed E-state index contributed by atoms with van der Waals surface area (Å²) < 4.78 is 3.20. The zero-order valence-corrected chi connectivity index (χ0v) is 20.4. The van der Waals surface area contributed by atoms with E-state index in [9.17, 15) is 9.59 Å². The molecule has 0 atom stereocenters. The van der Waals surface area contributed by atoms with Crippen molar-refractivity contribution in [3.63, 3.8) is 0 Å². The molecule has 0 radical (unpaired) electrons. The van der Waals surface area contributed by atoms with Gasteiger partial charge in [0.2, 0.25) is 0 Å². The van der Waals surface area contributed by atoms with E-state index in [1.54, 1.807) is 33.9 Å². The van der Waals surface area contributed by atoms with Crippen molar-refractivity contribution < 1.29 is 52.7 Å². The van der Waals surface area contributed by atoms with Gasteiger partial charge in [0.25, 0.3) is 0 Å². The van der Waals surface area contributed by atoms with Crippen LogP contribution in [0.25, 0.3) is 11.1 Å². The van der Waals surface area contributed by atoms with Gasteiger partial charge in [-0.1, -0.05) is 60.7 Å². The average molecular weight is 554 g/mol. The Kier molecular flexibility index (Phi) is 9.62. The van der Waals surface area contributed by atoms with Gasteiger partial charge in [-0.2, -0.15) is 0 Å². The minimum atomic E-state index is 0. The minimum Gasteiger partial charge on any atom is -1.00 e. The van der Waals surface area contributed by atoms with E-state index in [2.05, 4.69) is 0 Å². The number of hydrogen-bond donors (Lipinski definition) is 0. The lowest BCUT2D eigenvalue weighted by Crippen LogP contribution is -3.00. The molecule has 0 amide bonds. The molecule has 0 aliphatic carbocycles. The third-order valence-electron chi connectivity index (χ3n) is 4.96. The lowest BCUT2D eigenvalue weighted by molar-refractivity contribution is -0.574. The van der Waals surface area contributed by atoms with Crippen LogP contribution in [0.4, 0.5) is 0 Å². The normalized spacial score (nSPS) is 9.88. The molecule has 0 unspecified atom stereocenters. The number of halogens is 2. The molecular formula is C26H22Br2N2O2. The van der Waals surface area contributed by atoms with E-state index in [-0.39, 0.29) is 45.8 Å². The van der Waals surface area contributed by atoms with Crippen molar-refractivity contribution >= 4 is 11.8 Å². The number of carbonyl (C=O) groups is 2. The van der Waals surface area contributed by atoms with Crippen LogP contribution in [0.5, 0.6) is 0 Å². The van der Waals surface area contributed by atoms with Gasteiger partial charge >= 0.3 is 11.8 Å². The van der Waals surface area contributed by atoms with Crippen LogP contribution in [0, 0.1) is 0 Å². The summed E-state index contributed by atoms with van der Waals surface area (Å²) in [6.07, 6.45) is 7.84. The molecule has 0 spiro atoms. The van der Waals surface area contributed by atoms with Crippen molar-refractivity contribution in [2.24, 2.45) is 0 Å². The third kappa shape index (κ3) is 6.52. The molecule has 162 valence electrons. The molecule has 4 rings (SSSR count). The first-order valence-corrected chi connectivity index (χ1v) is 9.86. The molecular weight excluding hydrogens is 532 g/mol. The van der Waals surface area contributed by atoms with Gasteiger partial charge in [0.1, 0.15) is 0 Å². The maximum Gasteiger partial charge on any atom is 0.396 e. The Labute approximate surface area is 208 Å². The van der Waals surface area contributed by atoms with Gasteiger partial charge < -0.3 is 34.0 Å². The molecule has 2 heterocycles. The molecule has 0 saturated heterocycles. The zero-order chi connectivity index (χ0) is 20.8. The highest BCUT2D eigenvalue weighted by molar-refractivity contribution is 5.71. The lowest BCUT2D eigenvalue weighted by atomic mass is 10.1. The molecule has 6 heteroatoms. The molecule has 2 aromatic carbocycles. The molecule has 4 nitrogen and oxygen atoms in total. The first-order chi connectivity index (χ1) is 14.7. The van der Waals surface area contributed by atoms with E-state index in [0.717, 1.165) is 22.3 Å². The second kappa shape index (κ2) is 12.2. The number of aromatic nitrogens is 2. The number of pyridine rings is 2. The van der Waals surface area contributed by atoms with Crippen LogP contribution in [0.3, 0.4) is 0 Å². The Morgan fingerprint density at radius 2 is 0.812 bits per heavy atom. The second-order valence-electron chi connectivity index (χ2n) is 7.10. The van der Waals surface area contributed by atoms with Crippen LogP contribution in [0.15, 0.2) is 110 Å². The maximum absolute atomic E-state index is 12.5. The Hall–Kier alpha value is -2.96. The number of rotatable bonds is 5. The maximum atomic E-state index is 12.5. The fourth-order valence-electron chi connectivity index (χ4n) is 3.29. The summed E-state index contributed by atoms with van der Waals surface area (Å²) in [5.41, 5.74) is 3.96. The highest BCUT2D eigenvalue weighted by atomic mass is 79.9. The molecule has 0 aliphatic heterocycles. The van der Waals surface area contributed by atoms with Crippen LogP contribution < -0.4 is 43.1 Å². The first kappa shape index (κ1) is 25.3. The molecule has 32 heavy (non-hydrogen) atoms. The number of benzene rings is 2. The molecule has 0 bridgehead atoms. The van der Waals surface area contributed by atoms with Crippen molar-refractivity contribution in [3.8, 4) is 11.1 Å². The largest absolute Gasteiger partial charge is 1.00 e. The summed E-state index contributed by atoms with van der Waals surface area (Å²) in [4.78, 5) is 24.9. The predicted octanol–water partition coefficient (Wildman–Crippen LogP) is -2.30. The smallest absolute Gasteiger partial charge is 0.396 e. The highest BCUT2D eigenvalue weighted by Gasteiger charge is 2.17. The van der Waals surface area contributed by atoms with Gasteiger partial charge in [0.05, 0.1) is 12.8 Å². The third-order valence-corrected chi connectivity index (χ3v) is 4.96. The Bertz CT molecular complexity index is 1050. The topological polar surface area (TPSA) is 41.9 Å². The minimum absolute atomic E-state index is 0. The molecule has 0 aliphatic rings. The predicted molar refractivity (Wildman–Crippen MR) is 114 cm³/mol. The van der Waals surface area contributed by atoms with Crippen LogP contribution in [0.1, 0.15) is 20.7 Å². The fourth-order valence-corrected chi connectivity index (χ4v) is 3.29. The summed E-state index contributed by atoms with van der Waals surface area (Å²) in [5, 5.41) is 0. The summed E-state index contributed by atoms with van der Waals surface area (Å²) in [6.45, 7) is 0. The van der Waals surface area contributed by atoms with Crippen LogP contribution in [0.2, 0.25) is 0 Å².